The van der Waals surface area contributed by atoms with E-state index in [4.69, 9.17) is 9.47 Å². The molecule has 0 amide bonds. The number of ether oxygens (including phenoxy) is 2. The topological polar surface area (TPSA) is 18.5 Å². The molecule has 2 heteroatoms. The molecular weight excluding hydrogens is 212 g/mol. The largest absolute Gasteiger partial charge is 0.381 e. The molecule has 0 aromatic rings. The van der Waals surface area contributed by atoms with Gasteiger partial charge in [0.05, 0.1) is 0 Å². The molecule has 2 saturated heterocycles. The van der Waals surface area contributed by atoms with Gasteiger partial charge in [-0.1, -0.05) is 19.8 Å². The molecule has 0 bridgehead atoms. The van der Waals surface area contributed by atoms with Gasteiger partial charge in [0.15, 0.2) is 0 Å². The first-order chi connectivity index (χ1) is 8.40. The minimum atomic E-state index is 0.835. The molecule has 0 saturated carbocycles. The van der Waals surface area contributed by atoms with Gasteiger partial charge in [-0.25, -0.2) is 0 Å². The third-order valence-corrected chi connectivity index (χ3v) is 4.59. The van der Waals surface area contributed by atoms with E-state index in [9.17, 15) is 0 Å². The minimum Gasteiger partial charge on any atom is -0.381 e. The Hall–Kier alpha value is -0.0800. The standard InChI is InChI=1S/C15H27O2/c1-2-14(15-7-11-17-12-8-15)4-3-13-5-9-16-10-6-13/h13-15H,1-12H2. The van der Waals surface area contributed by atoms with Crippen molar-refractivity contribution in [1.82, 2.24) is 0 Å². The summed E-state index contributed by atoms with van der Waals surface area (Å²) in [6, 6.07) is 0. The van der Waals surface area contributed by atoms with Crippen LogP contribution in [0.1, 0.15) is 44.9 Å². The zero-order valence-corrected chi connectivity index (χ0v) is 11.0. The van der Waals surface area contributed by atoms with E-state index in [1.807, 2.05) is 0 Å². The van der Waals surface area contributed by atoms with Crippen LogP contribution in [0.4, 0.5) is 0 Å². The second-order valence-corrected chi connectivity index (χ2v) is 5.63. The molecule has 1 unspecified atom stereocenters. The molecule has 0 spiro atoms. The van der Waals surface area contributed by atoms with Gasteiger partial charge in [-0.15, -0.1) is 0 Å². The summed E-state index contributed by atoms with van der Waals surface area (Å²) in [6.45, 7) is 8.07. The Bertz CT molecular complexity index is 193. The lowest BCUT2D eigenvalue weighted by molar-refractivity contribution is 0.0383. The zero-order valence-electron chi connectivity index (χ0n) is 11.0. The predicted octanol–water partition coefficient (Wildman–Crippen LogP) is 3.46. The van der Waals surface area contributed by atoms with E-state index >= 15 is 0 Å². The third kappa shape index (κ3) is 4.26. The summed E-state index contributed by atoms with van der Waals surface area (Å²) >= 11 is 0. The molecule has 0 aromatic carbocycles. The molecule has 0 aliphatic carbocycles. The number of hydrogen-bond acceptors (Lipinski definition) is 2. The van der Waals surface area contributed by atoms with Crippen molar-refractivity contribution in [2.45, 2.75) is 44.9 Å². The van der Waals surface area contributed by atoms with Crippen LogP contribution in [-0.4, -0.2) is 26.4 Å². The normalized spacial score (nSPS) is 25.9. The second-order valence-electron chi connectivity index (χ2n) is 5.63. The summed E-state index contributed by atoms with van der Waals surface area (Å²) in [7, 11) is 0. The van der Waals surface area contributed by atoms with Crippen molar-refractivity contribution < 1.29 is 9.47 Å². The van der Waals surface area contributed by atoms with Crippen molar-refractivity contribution in [3.63, 3.8) is 0 Å². The van der Waals surface area contributed by atoms with Gasteiger partial charge in [-0.05, 0) is 49.9 Å². The fourth-order valence-electron chi connectivity index (χ4n) is 3.29. The van der Waals surface area contributed by atoms with Gasteiger partial charge in [0, 0.05) is 26.4 Å². The van der Waals surface area contributed by atoms with Crippen molar-refractivity contribution >= 4 is 0 Å². The molecule has 2 fully saturated rings. The van der Waals surface area contributed by atoms with Crippen LogP contribution in [0.2, 0.25) is 0 Å². The summed E-state index contributed by atoms with van der Waals surface area (Å²) < 4.78 is 10.9. The summed E-state index contributed by atoms with van der Waals surface area (Å²) in [5.74, 6) is 2.63. The minimum absolute atomic E-state index is 0.835. The first-order valence-electron chi connectivity index (χ1n) is 7.35. The van der Waals surface area contributed by atoms with E-state index in [1.165, 1.54) is 38.5 Å². The number of hydrogen-bond donors (Lipinski definition) is 0. The highest BCUT2D eigenvalue weighted by Crippen LogP contribution is 2.32. The Morgan fingerprint density at radius 1 is 0.941 bits per heavy atom. The van der Waals surface area contributed by atoms with E-state index in [0.717, 1.165) is 50.6 Å². The predicted molar refractivity (Wildman–Crippen MR) is 69.8 cm³/mol. The monoisotopic (exact) mass is 239 g/mol. The summed E-state index contributed by atoms with van der Waals surface area (Å²) in [5, 5.41) is 0. The highest BCUT2D eigenvalue weighted by atomic mass is 16.5. The van der Waals surface area contributed by atoms with Crippen LogP contribution in [0.5, 0.6) is 0 Å². The highest BCUT2D eigenvalue weighted by molar-refractivity contribution is 4.75. The molecule has 2 aliphatic heterocycles. The molecule has 2 heterocycles. The SMILES string of the molecule is [CH2]CC(CCC1CCOCC1)C1CCOCC1. The molecule has 2 rings (SSSR count). The summed E-state index contributed by atoms with van der Waals surface area (Å²) in [4.78, 5) is 0. The quantitative estimate of drug-likeness (QED) is 0.731. The van der Waals surface area contributed by atoms with Gasteiger partial charge in [0.25, 0.3) is 0 Å². The average Bonchev–Trinajstić information content (AvgIpc) is 2.42. The van der Waals surface area contributed by atoms with Crippen molar-refractivity contribution in [2.24, 2.45) is 17.8 Å². The molecule has 0 N–H and O–H groups in total. The fraction of sp³-hybridized carbons (Fsp3) is 0.933. The maximum atomic E-state index is 5.45. The van der Waals surface area contributed by atoms with Gasteiger partial charge in [0.1, 0.15) is 0 Å². The van der Waals surface area contributed by atoms with E-state index in [-0.39, 0.29) is 0 Å². The van der Waals surface area contributed by atoms with Gasteiger partial charge in [0.2, 0.25) is 0 Å². The van der Waals surface area contributed by atoms with Gasteiger partial charge in [-0.2, -0.15) is 0 Å². The van der Waals surface area contributed by atoms with Crippen molar-refractivity contribution in [3.05, 3.63) is 6.92 Å². The van der Waals surface area contributed by atoms with Crippen LogP contribution in [0, 0.1) is 24.7 Å². The molecule has 17 heavy (non-hydrogen) atoms. The molecule has 1 atom stereocenters. The summed E-state index contributed by atoms with van der Waals surface area (Å²) in [5.41, 5.74) is 0. The zero-order chi connectivity index (χ0) is 11.9. The van der Waals surface area contributed by atoms with Crippen LogP contribution >= 0.6 is 0 Å². The number of rotatable bonds is 5. The Balaban J connectivity index is 1.70. The molecular formula is C15H27O2. The maximum absolute atomic E-state index is 5.45. The van der Waals surface area contributed by atoms with E-state index in [1.54, 1.807) is 0 Å². The average molecular weight is 239 g/mol. The lowest BCUT2D eigenvalue weighted by Gasteiger charge is -2.31. The van der Waals surface area contributed by atoms with Crippen LogP contribution in [-0.2, 0) is 9.47 Å². The van der Waals surface area contributed by atoms with Crippen LogP contribution < -0.4 is 0 Å². The molecule has 0 aromatic heterocycles. The van der Waals surface area contributed by atoms with E-state index in [0.29, 0.717) is 0 Å². The Morgan fingerprint density at radius 2 is 1.53 bits per heavy atom. The Kier molecular flexibility index (Phi) is 5.79. The van der Waals surface area contributed by atoms with Crippen molar-refractivity contribution in [2.75, 3.05) is 26.4 Å². The Labute approximate surface area is 106 Å². The lowest BCUT2D eigenvalue weighted by Crippen LogP contribution is -2.24. The molecule has 99 valence electrons. The van der Waals surface area contributed by atoms with Crippen molar-refractivity contribution in [3.8, 4) is 0 Å². The smallest absolute Gasteiger partial charge is 0.0468 e. The van der Waals surface area contributed by atoms with Crippen LogP contribution in [0.15, 0.2) is 0 Å². The highest BCUT2D eigenvalue weighted by Gasteiger charge is 2.24. The second kappa shape index (κ2) is 7.38. The molecule has 2 aliphatic rings. The van der Waals surface area contributed by atoms with Crippen molar-refractivity contribution in [1.29, 1.82) is 0 Å². The van der Waals surface area contributed by atoms with Gasteiger partial charge >= 0.3 is 0 Å². The first-order valence-corrected chi connectivity index (χ1v) is 7.35. The van der Waals surface area contributed by atoms with Crippen LogP contribution in [0.25, 0.3) is 0 Å². The third-order valence-electron chi connectivity index (χ3n) is 4.59. The fourth-order valence-corrected chi connectivity index (χ4v) is 3.29. The first kappa shape index (κ1) is 13.4. The summed E-state index contributed by atoms with van der Waals surface area (Å²) in [6.07, 6.45) is 8.94. The van der Waals surface area contributed by atoms with Gasteiger partial charge < -0.3 is 9.47 Å². The van der Waals surface area contributed by atoms with E-state index in [2.05, 4.69) is 6.92 Å². The lowest BCUT2D eigenvalue weighted by atomic mass is 9.79. The van der Waals surface area contributed by atoms with Gasteiger partial charge in [-0.3, -0.25) is 0 Å². The maximum Gasteiger partial charge on any atom is 0.0468 e. The Morgan fingerprint density at radius 3 is 2.12 bits per heavy atom. The van der Waals surface area contributed by atoms with E-state index < -0.39 is 0 Å². The molecule has 2 nitrogen and oxygen atoms in total. The van der Waals surface area contributed by atoms with Crippen LogP contribution in [0.3, 0.4) is 0 Å². The molecule has 1 radical (unpaired) electrons.